The van der Waals surface area contributed by atoms with Crippen molar-refractivity contribution < 1.29 is 33.3 Å². The van der Waals surface area contributed by atoms with Crippen molar-refractivity contribution >= 4 is 18.0 Å². The molecule has 2 N–H and O–H groups in total. The Labute approximate surface area is 202 Å². The van der Waals surface area contributed by atoms with Crippen molar-refractivity contribution in [2.24, 2.45) is 0 Å². The van der Waals surface area contributed by atoms with E-state index in [1.165, 1.54) is 7.11 Å². The fourth-order valence-corrected chi connectivity index (χ4v) is 2.76. The zero-order valence-corrected chi connectivity index (χ0v) is 20.6. The molecule has 0 fully saturated rings. The third-order valence-corrected chi connectivity index (χ3v) is 4.40. The first-order valence-electron chi connectivity index (χ1n) is 11.3. The zero-order valence-electron chi connectivity index (χ0n) is 20.6. The van der Waals surface area contributed by atoms with Crippen LogP contribution in [0.4, 0.5) is 4.79 Å². The van der Waals surface area contributed by atoms with Gasteiger partial charge in [-0.05, 0) is 45.6 Å². The summed E-state index contributed by atoms with van der Waals surface area (Å²) in [5, 5.41) is 5.07. The van der Waals surface area contributed by atoms with Gasteiger partial charge in [-0.25, -0.2) is 9.59 Å². The number of benzene rings is 1. The van der Waals surface area contributed by atoms with Gasteiger partial charge in [-0.1, -0.05) is 36.4 Å². The first-order chi connectivity index (χ1) is 16.2. The van der Waals surface area contributed by atoms with Crippen LogP contribution in [-0.2, 0) is 35.1 Å². The van der Waals surface area contributed by atoms with Crippen LogP contribution in [-0.4, -0.2) is 62.6 Å². The Morgan fingerprint density at radius 3 is 2.35 bits per heavy atom. The lowest BCUT2D eigenvalue weighted by atomic mass is 10.2. The maximum Gasteiger partial charge on any atom is 0.408 e. The summed E-state index contributed by atoms with van der Waals surface area (Å²) in [4.78, 5) is 37.7. The standard InChI is InChI=1S/C25H38N2O7/c1-6-7-8-12-15-32-18-21(23(29)33-16-19-13-10-9-11-14-19)26-22(28)20(17-31-5)27-24(30)34-25(2,3)4/h6,9-11,13-14,20-21H,1,7-8,12,15-18H2,2-5H3,(H,26,28)(H,27,30)/t20-,21-/m0/s1. The highest BCUT2D eigenvalue weighted by molar-refractivity contribution is 5.89. The van der Waals surface area contributed by atoms with E-state index in [0.29, 0.717) is 6.61 Å². The van der Waals surface area contributed by atoms with Crippen molar-refractivity contribution in [3.63, 3.8) is 0 Å². The lowest BCUT2D eigenvalue weighted by Crippen LogP contribution is -2.55. The summed E-state index contributed by atoms with van der Waals surface area (Å²) in [5.74, 6) is -1.26. The Balaban J connectivity index is 2.77. The van der Waals surface area contributed by atoms with Crippen molar-refractivity contribution in [3.05, 3.63) is 48.6 Å². The molecule has 9 heteroatoms. The van der Waals surface area contributed by atoms with Gasteiger partial charge in [0.15, 0.2) is 6.04 Å². The summed E-state index contributed by atoms with van der Waals surface area (Å²) in [7, 11) is 1.40. The minimum atomic E-state index is -1.07. The molecule has 0 radical (unpaired) electrons. The van der Waals surface area contributed by atoms with E-state index in [2.05, 4.69) is 17.2 Å². The van der Waals surface area contributed by atoms with Crippen molar-refractivity contribution in [1.82, 2.24) is 10.6 Å². The summed E-state index contributed by atoms with van der Waals surface area (Å²) in [6.45, 7) is 9.11. The highest BCUT2D eigenvalue weighted by atomic mass is 16.6. The number of allylic oxidation sites excluding steroid dienone is 1. The fraction of sp³-hybridized carbons (Fsp3) is 0.560. The Kier molecular flexibility index (Phi) is 13.6. The minimum absolute atomic E-state index is 0.0586. The van der Waals surface area contributed by atoms with Crippen LogP contribution in [0.5, 0.6) is 0 Å². The van der Waals surface area contributed by atoms with Crippen LogP contribution in [0.25, 0.3) is 0 Å². The molecule has 190 valence electrons. The first kappa shape index (κ1) is 29.1. The van der Waals surface area contributed by atoms with Gasteiger partial charge in [0.25, 0.3) is 0 Å². The van der Waals surface area contributed by atoms with Crippen LogP contribution < -0.4 is 10.6 Å². The summed E-state index contributed by atoms with van der Waals surface area (Å²) >= 11 is 0. The minimum Gasteiger partial charge on any atom is -0.459 e. The second-order valence-corrected chi connectivity index (χ2v) is 8.67. The number of alkyl carbamates (subject to hydrolysis) is 1. The highest BCUT2D eigenvalue weighted by Crippen LogP contribution is 2.07. The molecule has 0 bridgehead atoms. The maximum atomic E-state index is 12.9. The van der Waals surface area contributed by atoms with Crippen molar-refractivity contribution in [1.29, 1.82) is 0 Å². The zero-order chi connectivity index (χ0) is 25.4. The van der Waals surface area contributed by atoms with E-state index in [1.54, 1.807) is 20.8 Å². The molecule has 0 saturated heterocycles. The topological polar surface area (TPSA) is 112 Å². The Bertz CT molecular complexity index is 762. The van der Waals surface area contributed by atoms with Crippen LogP contribution >= 0.6 is 0 Å². The fourth-order valence-electron chi connectivity index (χ4n) is 2.76. The molecular formula is C25H38N2O7. The average Bonchev–Trinajstić information content (AvgIpc) is 2.78. The highest BCUT2D eigenvalue weighted by Gasteiger charge is 2.29. The molecule has 0 aliphatic heterocycles. The number of unbranched alkanes of at least 4 members (excludes halogenated alkanes) is 2. The van der Waals surface area contributed by atoms with Gasteiger partial charge in [-0.2, -0.15) is 0 Å². The van der Waals surface area contributed by atoms with Gasteiger partial charge in [0.05, 0.1) is 13.2 Å². The van der Waals surface area contributed by atoms with Gasteiger partial charge in [0, 0.05) is 13.7 Å². The van der Waals surface area contributed by atoms with E-state index in [9.17, 15) is 14.4 Å². The van der Waals surface area contributed by atoms with Gasteiger partial charge in [-0.15, -0.1) is 6.58 Å². The lowest BCUT2D eigenvalue weighted by Gasteiger charge is -2.24. The summed E-state index contributed by atoms with van der Waals surface area (Å²) in [6.07, 6.45) is 3.63. The number of carbonyl (C=O) groups excluding carboxylic acids is 3. The van der Waals surface area contributed by atoms with Gasteiger partial charge in [-0.3, -0.25) is 4.79 Å². The number of hydrogen-bond acceptors (Lipinski definition) is 7. The van der Waals surface area contributed by atoms with E-state index >= 15 is 0 Å². The summed E-state index contributed by atoms with van der Waals surface area (Å²) in [6, 6.07) is 7.07. The van der Waals surface area contributed by atoms with Crippen LogP contribution in [0.3, 0.4) is 0 Å². The smallest absolute Gasteiger partial charge is 0.408 e. The predicted octanol–water partition coefficient (Wildman–Crippen LogP) is 3.13. The second kappa shape index (κ2) is 15.8. The molecule has 0 aliphatic rings. The molecule has 1 aromatic rings. The van der Waals surface area contributed by atoms with Crippen LogP contribution in [0, 0.1) is 0 Å². The molecule has 1 rings (SSSR count). The van der Waals surface area contributed by atoms with Gasteiger partial charge in [0.2, 0.25) is 5.91 Å². The second-order valence-electron chi connectivity index (χ2n) is 8.67. The quantitative estimate of drug-likeness (QED) is 0.226. The molecule has 0 unspecified atom stereocenters. The number of ether oxygens (including phenoxy) is 4. The lowest BCUT2D eigenvalue weighted by molar-refractivity contribution is -0.151. The molecule has 1 aromatic carbocycles. The Morgan fingerprint density at radius 1 is 1.03 bits per heavy atom. The average molecular weight is 479 g/mol. The van der Waals surface area contributed by atoms with Crippen LogP contribution in [0.2, 0.25) is 0 Å². The molecule has 0 aromatic heterocycles. The summed E-state index contributed by atoms with van der Waals surface area (Å²) < 4.78 is 21.3. The first-order valence-corrected chi connectivity index (χ1v) is 11.3. The molecule has 0 spiro atoms. The number of carbonyl (C=O) groups is 3. The SMILES string of the molecule is C=CCCCCOC[C@H](NC(=O)[C@H](COC)NC(=O)OC(C)(C)C)C(=O)OCc1ccccc1. The number of rotatable bonds is 15. The number of hydrogen-bond donors (Lipinski definition) is 2. The molecule has 2 atom stereocenters. The molecular weight excluding hydrogens is 440 g/mol. The van der Waals surface area contributed by atoms with Crippen LogP contribution in [0.1, 0.15) is 45.6 Å². The monoisotopic (exact) mass is 478 g/mol. The van der Waals surface area contributed by atoms with Crippen LogP contribution in [0.15, 0.2) is 43.0 Å². The van der Waals surface area contributed by atoms with Crippen molar-refractivity contribution in [3.8, 4) is 0 Å². The van der Waals surface area contributed by atoms with E-state index in [-0.39, 0.29) is 19.8 Å². The van der Waals surface area contributed by atoms with Gasteiger partial charge >= 0.3 is 12.1 Å². The Hall–Kier alpha value is -2.91. The number of amides is 2. The van der Waals surface area contributed by atoms with Crippen molar-refractivity contribution in [2.75, 3.05) is 26.9 Å². The molecule has 9 nitrogen and oxygen atoms in total. The van der Waals surface area contributed by atoms with E-state index in [4.69, 9.17) is 18.9 Å². The Morgan fingerprint density at radius 2 is 1.74 bits per heavy atom. The van der Waals surface area contributed by atoms with Gasteiger partial charge < -0.3 is 29.6 Å². The molecule has 0 aliphatic carbocycles. The normalized spacial score (nSPS) is 12.8. The number of nitrogens with one attached hydrogen (secondary N) is 2. The van der Waals surface area contributed by atoms with Gasteiger partial charge in [0.1, 0.15) is 18.2 Å². The number of methoxy groups -OCH3 is 1. The molecule has 2 amide bonds. The van der Waals surface area contributed by atoms with E-state index in [1.807, 2.05) is 36.4 Å². The molecule has 0 saturated carbocycles. The van der Waals surface area contributed by atoms with E-state index in [0.717, 1.165) is 24.8 Å². The molecule has 0 heterocycles. The van der Waals surface area contributed by atoms with Crippen molar-refractivity contribution in [2.45, 2.75) is 64.3 Å². The third-order valence-electron chi connectivity index (χ3n) is 4.40. The maximum absolute atomic E-state index is 12.9. The molecule has 34 heavy (non-hydrogen) atoms. The largest absolute Gasteiger partial charge is 0.459 e. The number of esters is 1. The summed E-state index contributed by atoms with van der Waals surface area (Å²) in [5.41, 5.74) is 0.0802. The predicted molar refractivity (Wildman–Crippen MR) is 128 cm³/mol. The third kappa shape index (κ3) is 13.0. The van der Waals surface area contributed by atoms with E-state index < -0.39 is 35.7 Å².